The zero-order valence-electron chi connectivity index (χ0n) is 17.1. The quantitative estimate of drug-likeness (QED) is 0.398. The number of likely N-dealkylation sites (tertiary alicyclic amines) is 1. The van der Waals surface area contributed by atoms with Gasteiger partial charge in [-0.25, -0.2) is 0 Å². The van der Waals surface area contributed by atoms with Crippen LogP contribution in [0.3, 0.4) is 0 Å². The molecule has 186 valence electrons. The van der Waals surface area contributed by atoms with Gasteiger partial charge in [0.05, 0.1) is 0 Å². The number of benzene rings is 1. The van der Waals surface area contributed by atoms with Crippen molar-refractivity contribution in [1.82, 2.24) is 4.90 Å². The standard InChI is InChI=1S/C8H16.C8H10.C7H15N.6CH4/c3*1-7-3-5-8(2)6-4-7;;;;;;/h7-8H,3-6H2,1-2H3;3-6H,1-2H3;7H,3-6H2,1-2H3;6*1H4. The van der Waals surface area contributed by atoms with Crippen LogP contribution in [-0.4, -0.2) is 25.0 Å². The van der Waals surface area contributed by atoms with Crippen LogP contribution in [0.2, 0.25) is 0 Å². The third-order valence-corrected chi connectivity index (χ3v) is 5.53. The molecule has 0 aromatic heterocycles. The number of hydrogen-bond donors (Lipinski definition) is 0. The first kappa shape index (κ1) is 43.1. The zero-order valence-corrected chi connectivity index (χ0v) is 17.1. The van der Waals surface area contributed by atoms with Gasteiger partial charge in [0.15, 0.2) is 0 Å². The molecule has 1 aliphatic carbocycles. The third kappa shape index (κ3) is 21.9. The highest BCUT2D eigenvalue weighted by Gasteiger charge is 2.13. The molecule has 0 N–H and O–H groups in total. The van der Waals surface area contributed by atoms with Crippen LogP contribution < -0.4 is 0 Å². The molecule has 2 aliphatic rings. The SMILES string of the molecule is C.C.C.C.C.C.CC1CCC(C)CC1.CC1CCN(C)CC1.Cc1ccc(C)cc1. The lowest BCUT2D eigenvalue weighted by molar-refractivity contribution is 0.230. The Balaban J connectivity index is -0.0000000655. The van der Waals surface area contributed by atoms with Crippen molar-refractivity contribution in [2.75, 3.05) is 20.1 Å². The molecule has 1 aliphatic heterocycles. The van der Waals surface area contributed by atoms with Gasteiger partial charge in [0.1, 0.15) is 0 Å². The van der Waals surface area contributed by atoms with Crippen LogP contribution in [0.1, 0.15) is 115 Å². The third-order valence-electron chi connectivity index (χ3n) is 5.53. The van der Waals surface area contributed by atoms with Crippen molar-refractivity contribution in [2.24, 2.45) is 17.8 Å². The topological polar surface area (TPSA) is 3.24 Å². The summed E-state index contributed by atoms with van der Waals surface area (Å²) in [5.41, 5.74) is 2.66. The molecule has 0 spiro atoms. The van der Waals surface area contributed by atoms with E-state index in [9.17, 15) is 0 Å². The van der Waals surface area contributed by atoms with Gasteiger partial charge >= 0.3 is 0 Å². The van der Waals surface area contributed by atoms with Crippen molar-refractivity contribution in [2.45, 2.75) is 118 Å². The first-order valence-electron chi connectivity index (χ1n) is 10.1. The Bertz CT molecular complexity index is 345. The second-order valence-corrected chi connectivity index (χ2v) is 8.51. The molecule has 1 aromatic carbocycles. The molecule has 0 radical (unpaired) electrons. The fraction of sp³-hybridized carbons (Fsp3) is 0.793. The van der Waals surface area contributed by atoms with Crippen LogP contribution in [0, 0.1) is 31.6 Å². The summed E-state index contributed by atoms with van der Waals surface area (Å²) in [5, 5.41) is 0. The van der Waals surface area contributed by atoms with E-state index in [1.54, 1.807) is 0 Å². The molecule has 1 saturated heterocycles. The molecular weight excluding hydrogens is 362 g/mol. The van der Waals surface area contributed by atoms with Crippen molar-refractivity contribution < 1.29 is 0 Å². The van der Waals surface area contributed by atoms with Crippen LogP contribution in [0.5, 0.6) is 0 Å². The molecule has 1 heteroatoms. The highest BCUT2D eigenvalue weighted by Crippen LogP contribution is 2.27. The summed E-state index contributed by atoms with van der Waals surface area (Å²) in [6.45, 7) is 13.9. The molecule has 3 rings (SSSR count). The van der Waals surface area contributed by atoms with Crippen molar-refractivity contribution >= 4 is 0 Å². The maximum atomic E-state index is 2.40. The minimum absolute atomic E-state index is 0. The van der Waals surface area contributed by atoms with Crippen molar-refractivity contribution in [3.05, 3.63) is 35.4 Å². The van der Waals surface area contributed by atoms with Crippen LogP contribution in [-0.2, 0) is 0 Å². The minimum Gasteiger partial charge on any atom is -0.306 e. The van der Waals surface area contributed by atoms with Gasteiger partial charge in [0, 0.05) is 0 Å². The van der Waals surface area contributed by atoms with Crippen molar-refractivity contribution in [3.63, 3.8) is 0 Å². The normalized spacial score (nSPS) is 20.1. The Morgan fingerprint density at radius 3 is 1.00 bits per heavy atom. The first-order valence-corrected chi connectivity index (χ1v) is 10.1. The Morgan fingerprint density at radius 2 is 0.767 bits per heavy atom. The lowest BCUT2D eigenvalue weighted by Crippen LogP contribution is -2.28. The summed E-state index contributed by atoms with van der Waals surface area (Å²) in [5.74, 6) is 3.02. The number of hydrogen-bond acceptors (Lipinski definition) is 1. The monoisotopic (exact) mass is 428 g/mol. The number of nitrogens with zero attached hydrogens (tertiary/aromatic N) is 1. The van der Waals surface area contributed by atoms with Gasteiger partial charge in [0.25, 0.3) is 0 Å². The van der Waals surface area contributed by atoms with Crippen LogP contribution in [0.25, 0.3) is 0 Å². The van der Waals surface area contributed by atoms with Crippen LogP contribution in [0.15, 0.2) is 24.3 Å². The van der Waals surface area contributed by atoms with Gasteiger partial charge < -0.3 is 4.90 Å². The molecule has 1 aromatic rings. The van der Waals surface area contributed by atoms with E-state index in [1.807, 2.05) is 0 Å². The van der Waals surface area contributed by atoms with Gasteiger partial charge in [-0.1, -0.05) is 126 Å². The van der Waals surface area contributed by atoms with Gasteiger partial charge in [-0.3, -0.25) is 0 Å². The lowest BCUT2D eigenvalue weighted by atomic mass is 9.84. The van der Waals surface area contributed by atoms with E-state index in [2.05, 4.69) is 70.8 Å². The molecule has 1 saturated carbocycles. The largest absolute Gasteiger partial charge is 0.306 e. The summed E-state index contributed by atoms with van der Waals surface area (Å²) in [6, 6.07) is 8.48. The van der Waals surface area contributed by atoms with E-state index >= 15 is 0 Å². The molecule has 1 nitrogen and oxygen atoms in total. The Hall–Kier alpha value is -0.820. The van der Waals surface area contributed by atoms with Crippen molar-refractivity contribution in [1.29, 1.82) is 0 Å². The highest BCUT2D eigenvalue weighted by atomic mass is 15.1. The summed E-state index contributed by atoms with van der Waals surface area (Å²) < 4.78 is 0. The maximum Gasteiger partial charge on any atom is -0.00192 e. The maximum absolute atomic E-state index is 2.40. The van der Waals surface area contributed by atoms with Crippen LogP contribution in [0.4, 0.5) is 0 Å². The van der Waals surface area contributed by atoms with E-state index in [0.717, 1.165) is 17.8 Å². The Labute approximate surface area is 196 Å². The lowest BCUT2D eigenvalue weighted by Gasteiger charge is -2.26. The van der Waals surface area contributed by atoms with Gasteiger partial charge in [0.2, 0.25) is 0 Å². The molecule has 0 atom stereocenters. The Kier molecular flexibility index (Phi) is 35.1. The fourth-order valence-electron chi connectivity index (χ4n) is 3.20. The van der Waals surface area contributed by atoms with Crippen molar-refractivity contribution in [3.8, 4) is 0 Å². The molecule has 2 fully saturated rings. The van der Waals surface area contributed by atoms with E-state index < -0.39 is 0 Å². The average Bonchev–Trinajstić information content (AvgIpc) is 2.57. The second-order valence-electron chi connectivity index (χ2n) is 8.51. The second kappa shape index (κ2) is 24.4. The predicted octanol–water partition coefficient (Wildman–Crippen LogP) is 10.3. The Morgan fingerprint density at radius 1 is 0.533 bits per heavy atom. The molecule has 0 unspecified atom stereocenters. The average molecular weight is 428 g/mol. The number of aryl methyl sites for hydroxylation is 2. The first-order chi connectivity index (χ1) is 11.4. The van der Waals surface area contributed by atoms with Crippen LogP contribution >= 0.6 is 0 Å². The van der Waals surface area contributed by atoms with Gasteiger partial charge in [-0.2, -0.15) is 0 Å². The highest BCUT2D eigenvalue weighted by molar-refractivity contribution is 5.19. The van der Waals surface area contributed by atoms with E-state index in [4.69, 9.17) is 0 Å². The summed E-state index contributed by atoms with van der Waals surface area (Å²) in [6.07, 6.45) is 8.69. The van der Waals surface area contributed by atoms with E-state index in [0.29, 0.717) is 0 Å². The van der Waals surface area contributed by atoms with E-state index in [1.165, 1.54) is 62.7 Å². The van der Waals surface area contributed by atoms with Gasteiger partial charge in [-0.15, -0.1) is 0 Å². The molecule has 1 heterocycles. The smallest absolute Gasteiger partial charge is 0.00192 e. The number of piperidine rings is 1. The molecule has 30 heavy (non-hydrogen) atoms. The predicted molar refractivity (Wildman–Crippen MR) is 149 cm³/mol. The molecule has 0 amide bonds. The van der Waals surface area contributed by atoms with Gasteiger partial charge in [-0.05, 0) is 64.6 Å². The fourth-order valence-corrected chi connectivity index (χ4v) is 3.20. The number of rotatable bonds is 0. The molecular formula is C29H65N. The minimum atomic E-state index is 0. The summed E-state index contributed by atoms with van der Waals surface area (Å²) >= 11 is 0. The summed E-state index contributed by atoms with van der Waals surface area (Å²) in [4.78, 5) is 2.40. The zero-order chi connectivity index (χ0) is 17.9. The molecule has 0 bridgehead atoms. The summed E-state index contributed by atoms with van der Waals surface area (Å²) in [7, 11) is 2.20. The van der Waals surface area contributed by atoms with E-state index in [-0.39, 0.29) is 44.6 Å².